The Morgan fingerprint density at radius 3 is 2.92 bits per heavy atom. The van der Waals surface area contributed by atoms with Crippen LogP contribution < -0.4 is 21.3 Å². The maximum atomic E-state index is 12.2. The average Bonchev–Trinajstić information content (AvgIpc) is 3.00. The highest BCUT2D eigenvalue weighted by molar-refractivity contribution is 7.12. The number of thiazole rings is 1. The number of aromatic amines is 1. The van der Waals surface area contributed by atoms with Gasteiger partial charge in [0.25, 0.3) is 5.56 Å². The molecule has 128 valence electrons. The van der Waals surface area contributed by atoms with Crippen molar-refractivity contribution in [3.8, 4) is 11.0 Å². The molecule has 0 aromatic carbocycles. The van der Waals surface area contributed by atoms with Crippen LogP contribution in [0.4, 0.5) is 0 Å². The summed E-state index contributed by atoms with van der Waals surface area (Å²) in [5.41, 5.74) is -0.879. The van der Waals surface area contributed by atoms with Crippen molar-refractivity contribution in [3.05, 3.63) is 43.6 Å². The monoisotopic (exact) mass is 389 g/mol. The third-order valence-electron chi connectivity index (χ3n) is 3.03. The van der Waals surface area contributed by atoms with Crippen molar-refractivity contribution in [3.63, 3.8) is 0 Å². The minimum Gasteiger partial charge on any atom is -0.476 e. The molecule has 0 unspecified atom stereocenters. The van der Waals surface area contributed by atoms with Gasteiger partial charge in [0.2, 0.25) is 5.88 Å². The molecule has 0 amide bonds. The molecule has 3 aromatic rings. The molecule has 0 saturated heterocycles. The van der Waals surface area contributed by atoms with Crippen LogP contribution in [0, 0.1) is 0 Å². The number of rotatable bonds is 5. The van der Waals surface area contributed by atoms with E-state index in [1.165, 1.54) is 22.0 Å². The fourth-order valence-corrected chi connectivity index (χ4v) is 2.90. The second kappa shape index (κ2) is 7.75. The van der Waals surface area contributed by atoms with Crippen molar-refractivity contribution in [2.75, 3.05) is 20.2 Å². The normalized spacial score (nSPS) is 10.6. The summed E-state index contributed by atoms with van der Waals surface area (Å²) in [6.07, 6.45) is 1.57. The van der Waals surface area contributed by atoms with Gasteiger partial charge in [0.15, 0.2) is 5.13 Å². The lowest BCUT2D eigenvalue weighted by Crippen LogP contribution is -2.30. The van der Waals surface area contributed by atoms with Gasteiger partial charge in [-0.1, -0.05) is 11.6 Å². The number of ether oxygens (including phenoxy) is 1. The second-order valence-electron chi connectivity index (χ2n) is 4.51. The predicted molar refractivity (Wildman–Crippen MR) is 95.3 cm³/mol. The summed E-state index contributed by atoms with van der Waals surface area (Å²) >= 11 is 7.28. The summed E-state index contributed by atoms with van der Waals surface area (Å²) in [7, 11) is 1.78. The first-order chi connectivity index (χ1) is 11.1. The lowest BCUT2D eigenvalue weighted by Gasteiger charge is -2.11. The molecule has 0 aliphatic heterocycles. The summed E-state index contributed by atoms with van der Waals surface area (Å²) in [5, 5.41) is 5.34. The molecule has 8 nitrogen and oxygen atoms in total. The van der Waals surface area contributed by atoms with Gasteiger partial charge >= 0.3 is 5.69 Å². The van der Waals surface area contributed by atoms with Gasteiger partial charge in [-0.15, -0.1) is 23.7 Å². The van der Waals surface area contributed by atoms with Gasteiger partial charge in [0, 0.05) is 24.2 Å². The van der Waals surface area contributed by atoms with Crippen LogP contribution in [0.15, 0.2) is 27.2 Å². The van der Waals surface area contributed by atoms with Crippen LogP contribution in [0.5, 0.6) is 5.88 Å². The Bertz CT molecular complexity index is 955. The lowest BCUT2D eigenvalue weighted by molar-refractivity contribution is 0.310. The molecule has 0 radical (unpaired) electrons. The van der Waals surface area contributed by atoms with Crippen LogP contribution in [0.25, 0.3) is 16.0 Å². The van der Waals surface area contributed by atoms with Gasteiger partial charge in [-0.25, -0.2) is 19.3 Å². The van der Waals surface area contributed by atoms with Crippen LogP contribution in [-0.4, -0.2) is 39.7 Å². The van der Waals surface area contributed by atoms with Gasteiger partial charge in [-0.3, -0.25) is 9.78 Å². The third-order valence-corrected chi connectivity index (χ3v) is 3.98. The first-order valence-electron chi connectivity index (χ1n) is 6.64. The van der Waals surface area contributed by atoms with Gasteiger partial charge in [0.1, 0.15) is 17.1 Å². The van der Waals surface area contributed by atoms with Crippen LogP contribution in [0.3, 0.4) is 0 Å². The minimum absolute atomic E-state index is 0. The minimum atomic E-state index is -0.596. The zero-order valence-corrected chi connectivity index (χ0v) is 14.8. The van der Waals surface area contributed by atoms with Crippen LogP contribution >= 0.6 is 35.3 Å². The highest BCUT2D eigenvalue weighted by Gasteiger charge is 2.17. The van der Waals surface area contributed by atoms with Crippen molar-refractivity contribution in [1.29, 1.82) is 0 Å². The van der Waals surface area contributed by atoms with Crippen molar-refractivity contribution >= 4 is 46.2 Å². The Labute approximate surface area is 150 Å². The summed E-state index contributed by atoms with van der Waals surface area (Å²) < 4.78 is 6.80. The van der Waals surface area contributed by atoms with Gasteiger partial charge in [-0.05, 0) is 7.05 Å². The molecule has 0 saturated carbocycles. The van der Waals surface area contributed by atoms with Gasteiger partial charge in [0.05, 0.1) is 5.52 Å². The fraction of sp³-hybridized carbons (Fsp3) is 0.231. The topological polar surface area (TPSA) is 102 Å². The number of halogens is 2. The maximum absolute atomic E-state index is 12.2. The number of likely N-dealkylation sites (N-methyl/N-ethyl adjacent to an activating group) is 1. The first kappa shape index (κ1) is 18.4. The van der Waals surface area contributed by atoms with Crippen molar-refractivity contribution in [1.82, 2.24) is 24.8 Å². The highest BCUT2D eigenvalue weighted by atomic mass is 35.5. The smallest absolute Gasteiger partial charge is 0.335 e. The number of nitrogens with zero attached hydrogens (tertiary/aromatic N) is 3. The SMILES string of the molecule is CNCCOc1nc(Cl)cc2c1c(=O)[nH]c(=O)n2-c1nccs1.Cl. The molecule has 3 heterocycles. The van der Waals surface area contributed by atoms with Crippen molar-refractivity contribution < 1.29 is 4.74 Å². The molecule has 0 aliphatic carbocycles. The molecule has 2 N–H and O–H groups in total. The maximum Gasteiger partial charge on any atom is 0.335 e. The van der Waals surface area contributed by atoms with E-state index in [0.717, 1.165) is 0 Å². The number of hydrogen-bond acceptors (Lipinski definition) is 7. The standard InChI is InChI=1S/C13H12ClN5O3S.ClH/c1-15-2-4-22-11-9-7(6-8(14)17-11)19(12(21)18-10(9)20)13-16-3-5-23-13;/h3,5-6,15H,2,4H2,1H3,(H,18,20,21);1H. The molecular weight excluding hydrogens is 377 g/mol. The molecular formula is C13H13Cl2N5O3S. The van der Waals surface area contributed by atoms with E-state index in [1.54, 1.807) is 18.6 Å². The van der Waals surface area contributed by atoms with E-state index in [1.807, 2.05) is 0 Å². The fourth-order valence-electron chi connectivity index (χ4n) is 2.06. The quantitative estimate of drug-likeness (QED) is 0.502. The van der Waals surface area contributed by atoms with Crippen LogP contribution in [0.1, 0.15) is 0 Å². The van der Waals surface area contributed by atoms with E-state index in [0.29, 0.717) is 23.8 Å². The Hall–Kier alpha value is -1.94. The molecule has 24 heavy (non-hydrogen) atoms. The number of fused-ring (bicyclic) bond motifs is 1. The molecule has 3 aromatic heterocycles. The number of aromatic nitrogens is 4. The molecule has 0 spiro atoms. The lowest BCUT2D eigenvalue weighted by atomic mass is 10.3. The summed E-state index contributed by atoms with van der Waals surface area (Å²) in [6, 6.07) is 1.44. The zero-order valence-electron chi connectivity index (χ0n) is 12.4. The Balaban J connectivity index is 0.00000208. The highest BCUT2D eigenvalue weighted by Crippen LogP contribution is 2.25. The van der Waals surface area contributed by atoms with E-state index >= 15 is 0 Å². The Morgan fingerprint density at radius 1 is 1.46 bits per heavy atom. The van der Waals surface area contributed by atoms with E-state index in [-0.39, 0.29) is 28.8 Å². The van der Waals surface area contributed by atoms with Crippen molar-refractivity contribution in [2.24, 2.45) is 0 Å². The molecule has 11 heteroatoms. The van der Waals surface area contributed by atoms with E-state index in [4.69, 9.17) is 16.3 Å². The summed E-state index contributed by atoms with van der Waals surface area (Å²) in [5.74, 6) is 0.0781. The molecule has 0 aliphatic rings. The molecule has 0 atom stereocenters. The molecule has 3 rings (SSSR count). The average molecular weight is 390 g/mol. The van der Waals surface area contributed by atoms with E-state index < -0.39 is 11.2 Å². The van der Waals surface area contributed by atoms with Crippen molar-refractivity contribution in [2.45, 2.75) is 0 Å². The number of pyridine rings is 1. The first-order valence-corrected chi connectivity index (χ1v) is 7.90. The van der Waals surface area contributed by atoms with E-state index in [2.05, 4.69) is 20.3 Å². The number of H-pyrrole nitrogens is 1. The van der Waals surface area contributed by atoms with E-state index in [9.17, 15) is 9.59 Å². The van der Waals surface area contributed by atoms with Gasteiger partial charge < -0.3 is 10.1 Å². The summed E-state index contributed by atoms with van der Waals surface area (Å²) in [4.78, 5) is 34.8. The number of hydrogen-bond donors (Lipinski definition) is 2. The predicted octanol–water partition coefficient (Wildman–Crippen LogP) is 1.20. The Kier molecular flexibility index (Phi) is 5.94. The van der Waals surface area contributed by atoms with Crippen LogP contribution in [-0.2, 0) is 0 Å². The third kappa shape index (κ3) is 3.44. The Morgan fingerprint density at radius 2 is 2.25 bits per heavy atom. The largest absolute Gasteiger partial charge is 0.476 e. The zero-order chi connectivity index (χ0) is 16.4. The second-order valence-corrected chi connectivity index (χ2v) is 5.77. The number of nitrogens with one attached hydrogen (secondary N) is 2. The summed E-state index contributed by atoms with van der Waals surface area (Å²) in [6.45, 7) is 0.870. The molecule has 0 bridgehead atoms. The van der Waals surface area contributed by atoms with Gasteiger partial charge in [-0.2, -0.15) is 0 Å². The molecule has 0 fully saturated rings. The van der Waals surface area contributed by atoms with Crippen LogP contribution in [0.2, 0.25) is 5.15 Å².